The molecule has 1 heterocycles. The third-order valence-electron chi connectivity index (χ3n) is 5.44. The summed E-state index contributed by atoms with van der Waals surface area (Å²) in [6, 6.07) is 26.6. The monoisotopic (exact) mass is 412 g/mol. The molecule has 0 bridgehead atoms. The van der Waals surface area contributed by atoms with Gasteiger partial charge >= 0.3 is 0 Å². The second-order valence-electron chi connectivity index (χ2n) is 7.63. The van der Waals surface area contributed by atoms with E-state index < -0.39 is 0 Å². The highest BCUT2D eigenvalue weighted by Gasteiger charge is 2.34. The van der Waals surface area contributed by atoms with E-state index in [4.69, 9.17) is 0 Å². The standard InChI is InChI=1S/C26H24N2O3/c29-24(16-9-17-28-25(30)22-14-7-8-15-23(22)26(28)31)27(18-20-10-3-1-4-11-20)19-21-12-5-2-6-13-21/h1-8,10-15H,9,16-19H2. The molecule has 3 amide bonds. The summed E-state index contributed by atoms with van der Waals surface area (Å²) in [4.78, 5) is 41.1. The fourth-order valence-corrected chi connectivity index (χ4v) is 3.83. The van der Waals surface area contributed by atoms with Crippen LogP contribution in [0.2, 0.25) is 0 Å². The van der Waals surface area contributed by atoms with Crippen molar-refractivity contribution in [1.82, 2.24) is 9.80 Å². The Bertz CT molecular complexity index is 1000. The fourth-order valence-electron chi connectivity index (χ4n) is 3.83. The van der Waals surface area contributed by atoms with E-state index in [0.29, 0.717) is 30.6 Å². The van der Waals surface area contributed by atoms with Crippen molar-refractivity contribution in [3.05, 3.63) is 107 Å². The Morgan fingerprint density at radius 1 is 0.677 bits per heavy atom. The van der Waals surface area contributed by atoms with Crippen LogP contribution in [0.15, 0.2) is 84.9 Å². The summed E-state index contributed by atoms with van der Waals surface area (Å²) in [5.41, 5.74) is 3.00. The van der Waals surface area contributed by atoms with Gasteiger partial charge in [0, 0.05) is 26.1 Å². The molecule has 3 aromatic rings. The van der Waals surface area contributed by atoms with Crippen molar-refractivity contribution < 1.29 is 14.4 Å². The van der Waals surface area contributed by atoms with E-state index in [1.807, 2.05) is 65.6 Å². The van der Waals surface area contributed by atoms with Crippen molar-refractivity contribution in [2.24, 2.45) is 0 Å². The predicted octanol–water partition coefficient (Wildman–Crippen LogP) is 4.29. The molecule has 156 valence electrons. The molecule has 0 aromatic heterocycles. The number of hydrogen-bond donors (Lipinski definition) is 0. The SMILES string of the molecule is O=C(CCCN1C(=O)c2ccccc2C1=O)N(Cc1ccccc1)Cc1ccccc1. The van der Waals surface area contributed by atoms with Gasteiger partial charge in [0.2, 0.25) is 5.91 Å². The predicted molar refractivity (Wildman–Crippen MR) is 118 cm³/mol. The number of hydrogen-bond acceptors (Lipinski definition) is 3. The van der Waals surface area contributed by atoms with Gasteiger partial charge in [0.1, 0.15) is 0 Å². The molecule has 4 rings (SSSR count). The van der Waals surface area contributed by atoms with Gasteiger partial charge in [0.05, 0.1) is 11.1 Å². The molecule has 5 heteroatoms. The lowest BCUT2D eigenvalue weighted by atomic mass is 10.1. The maximum absolute atomic E-state index is 13.0. The minimum absolute atomic E-state index is 0.00400. The van der Waals surface area contributed by atoms with Crippen LogP contribution in [0.4, 0.5) is 0 Å². The zero-order valence-electron chi connectivity index (χ0n) is 17.2. The van der Waals surface area contributed by atoms with Crippen molar-refractivity contribution in [3.8, 4) is 0 Å². The Morgan fingerprint density at radius 3 is 1.61 bits per heavy atom. The van der Waals surface area contributed by atoms with E-state index in [0.717, 1.165) is 11.1 Å². The molecule has 5 nitrogen and oxygen atoms in total. The van der Waals surface area contributed by atoms with Gasteiger partial charge in [-0.15, -0.1) is 0 Å². The van der Waals surface area contributed by atoms with E-state index >= 15 is 0 Å². The highest BCUT2D eigenvalue weighted by atomic mass is 16.2. The molecule has 0 spiro atoms. The molecule has 0 unspecified atom stereocenters. The summed E-state index contributed by atoms with van der Waals surface area (Å²) >= 11 is 0. The van der Waals surface area contributed by atoms with E-state index in [1.54, 1.807) is 24.3 Å². The molecular weight excluding hydrogens is 388 g/mol. The number of carbonyl (C=O) groups is 3. The molecule has 0 radical (unpaired) electrons. The van der Waals surface area contributed by atoms with Crippen LogP contribution >= 0.6 is 0 Å². The number of benzene rings is 3. The van der Waals surface area contributed by atoms with Crippen molar-refractivity contribution in [3.63, 3.8) is 0 Å². The van der Waals surface area contributed by atoms with Gasteiger partial charge in [-0.3, -0.25) is 19.3 Å². The van der Waals surface area contributed by atoms with Crippen LogP contribution in [-0.2, 0) is 17.9 Å². The molecule has 31 heavy (non-hydrogen) atoms. The van der Waals surface area contributed by atoms with Gasteiger partial charge in [-0.25, -0.2) is 0 Å². The second kappa shape index (κ2) is 9.39. The molecule has 0 saturated carbocycles. The smallest absolute Gasteiger partial charge is 0.261 e. The molecule has 1 aliphatic heterocycles. The van der Waals surface area contributed by atoms with Crippen LogP contribution < -0.4 is 0 Å². The highest BCUT2D eigenvalue weighted by molar-refractivity contribution is 6.21. The first-order valence-electron chi connectivity index (χ1n) is 10.4. The second-order valence-corrected chi connectivity index (χ2v) is 7.63. The lowest BCUT2D eigenvalue weighted by Gasteiger charge is -2.24. The van der Waals surface area contributed by atoms with Crippen LogP contribution in [0.5, 0.6) is 0 Å². The Morgan fingerprint density at radius 2 is 1.13 bits per heavy atom. The number of amides is 3. The molecule has 3 aromatic carbocycles. The minimum Gasteiger partial charge on any atom is -0.334 e. The van der Waals surface area contributed by atoms with Gasteiger partial charge in [-0.05, 0) is 29.7 Å². The summed E-state index contributed by atoms with van der Waals surface area (Å²) in [6.07, 6.45) is 0.706. The molecule has 0 aliphatic carbocycles. The van der Waals surface area contributed by atoms with E-state index in [1.165, 1.54) is 4.90 Å². The summed E-state index contributed by atoms with van der Waals surface area (Å²) in [7, 11) is 0. The largest absolute Gasteiger partial charge is 0.334 e. The molecule has 0 saturated heterocycles. The van der Waals surface area contributed by atoms with Crippen LogP contribution in [0.3, 0.4) is 0 Å². The number of nitrogens with zero attached hydrogens (tertiary/aromatic N) is 2. The fraction of sp³-hybridized carbons (Fsp3) is 0.192. The minimum atomic E-state index is -0.279. The Balaban J connectivity index is 1.39. The zero-order valence-corrected chi connectivity index (χ0v) is 17.2. The first-order valence-corrected chi connectivity index (χ1v) is 10.4. The lowest BCUT2D eigenvalue weighted by Crippen LogP contribution is -2.33. The Kier molecular flexibility index (Phi) is 6.22. The van der Waals surface area contributed by atoms with Gasteiger partial charge in [0.25, 0.3) is 11.8 Å². The summed E-state index contributed by atoms with van der Waals surface area (Å²) in [5, 5.41) is 0. The Hall–Kier alpha value is -3.73. The van der Waals surface area contributed by atoms with E-state index in [2.05, 4.69) is 0 Å². The topological polar surface area (TPSA) is 57.7 Å². The third kappa shape index (κ3) is 4.72. The number of fused-ring (bicyclic) bond motifs is 1. The normalized spacial score (nSPS) is 12.7. The van der Waals surface area contributed by atoms with Crippen molar-refractivity contribution in [1.29, 1.82) is 0 Å². The van der Waals surface area contributed by atoms with Gasteiger partial charge < -0.3 is 4.90 Å². The molecule has 0 fully saturated rings. The van der Waals surface area contributed by atoms with Crippen molar-refractivity contribution in [2.75, 3.05) is 6.54 Å². The third-order valence-corrected chi connectivity index (χ3v) is 5.44. The van der Waals surface area contributed by atoms with Crippen LogP contribution in [-0.4, -0.2) is 34.1 Å². The van der Waals surface area contributed by atoms with E-state index in [-0.39, 0.29) is 30.7 Å². The molecular formula is C26H24N2O3. The van der Waals surface area contributed by atoms with Crippen molar-refractivity contribution in [2.45, 2.75) is 25.9 Å². The lowest BCUT2D eigenvalue weighted by molar-refractivity contribution is -0.132. The maximum atomic E-state index is 13.0. The average Bonchev–Trinajstić information content (AvgIpc) is 3.05. The van der Waals surface area contributed by atoms with Crippen LogP contribution in [0.25, 0.3) is 0 Å². The van der Waals surface area contributed by atoms with Gasteiger partial charge in [0.15, 0.2) is 0 Å². The summed E-state index contributed by atoms with van der Waals surface area (Å²) in [5.74, 6) is -0.554. The van der Waals surface area contributed by atoms with Crippen LogP contribution in [0, 0.1) is 0 Å². The van der Waals surface area contributed by atoms with Crippen molar-refractivity contribution >= 4 is 17.7 Å². The molecule has 1 aliphatic rings. The number of rotatable bonds is 8. The molecule has 0 N–H and O–H groups in total. The Labute approximate surface area is 181 Å². The van der Waals surface area contributed by atoms with Crippen LogP contribution in [0.1, 0.15) is 44.7 Å². The summed E-state index contributed by atoms with van der Waals surface area (Å²) < 4.78 is 0. The molecule has 0 atom stereocenters. The quantitative estimate of drug-likeness (QED) is 0.519. The van der Waals surface area contributed by atoms with E-state index in [9.17, 15) is 14.4 Å². The highest BCUT2D eigenvalue weighted by Crippen LogP contribution is 2.23. The maximum Gasteiger partial charge on any atom is 0.261 e. The number of carbonyl (C=O) groups excluding carboxylic acids is 3. The van der Waals surface area contributed by atoms with Gasteiger partial charge in [-0.2, -0.15) is 0 Å². The first-order chi connectivity index (χ1) is 15.1. The zero-order chi connectivity index (χ0) is 21.6. The first kappa shape index (κ1) is 20.5. The average molecular weight is 412 g/mol. The van der Waals surface area contributed by atoms with Gasteiger partial charge in [-0.1, -0.05) is 72.8 Å². The summed E-state index contributed by atoms with van der Waals surface area (Å²) in [6.45, 7) is 1.27. The number of imide groups is 1.